The highest BCUT2D eigenvalue weighted by Crippen LogP contribution is 2.12. The molecule has 0 aliphatic carbocycles. The second kappa shape index (κ2) is 9.31. The smallest absolute Gasteiger partial charge is 0.408 e. The number of hydrogen-bond acceptors (Lipinski definition) is 5. The van der Waals surface area contributed by atoms with Crippen LogP contribution in [0.3, 0.4) is 0 Å². The summed E-state index contributed by atoms with van der Waals surface area (Å²) in [6.45, 7) is 12.2. The Labute approximate surface area is 144 Å². The van der Waals surface area contributed by atoms with Gasteiger partial charge >= 0.3 is 12.1 Å². The fourth-order valence-corrected chi connectivity index (χ4v) is 1.54. The van der Waals surface area contributed by atoms with Gasteiger partial charge in [0.15, 0.2) is 0 Å². The number of ether oxygens (including phenoxy) is 2. The predicted octanol–water partition coefficient (Wildman–Crippen LogP) is 2.98. The number of unbranched alkanes of at least 4 members (excludes halogenated alkanes) is 1. The summed E-state index contributed by atoms with van der Waals surface area (Å²) in [5, 5.41) is 2.39. The zero-order valence-corrected chi connectivity index (χ0v) is 15.7. The molecule has 6 nitrogen and oxygen atoms in total. The minimum absolute atomic E-state index is 0.259. The molecule has 24 heavy (non-hydrogen) atoms. The number of alkyl carbamates (subject to hydrolysis) is 1. The fourth-order valence-electron chi connectivity index (χ4n) is 1.54. The SMILES string of the molecule is CCCC#CC(=O)CC(NC(=O)OC(C)(C)C)C(=O)OC(C)(C)C. The fraction of sp³-hybridized carbons (Fsp3) is 0.722. The van der Waals surface area contributed by atoms with E-state index in [4.69, 9.17) is 9.47 Å². The largest absolute Gasteiger partial charge is 0.458 e. The van der Waals surface area contributed by atoms with Gasteiger partial charge in [0, 0.05) is 12.8 Å². The summed E-state index contributed by atoms with van der Waals surface area (Å²) >= 11 is 0. The number of nitrogens with one attached hydrogen (secondary N) is 1. The molecule has 1 atom stereocenters. The molecule has 0 aromatic heterocycles. The van der Waals surface area contributed by atoms with Gasteiger partial charge in [-0.2, -0.15) is 0 Å². The molecule has 0 bridgehead atoms. The van der Waals surface area contributed by atoms with E-state index in [2.05, 4.69) is 17.2 Å². The number of Topliss-reactive ketones (excluding diaryl/α,β-unsaturated/α-hetero) is 1. The molecule has 0 rings (SSSR count). The van der Waals surface area contributed by atoms with Crippen molar-refractivity contribution < 1.29 is 23.9 Å². The Hall–Kier alpha value is -2.03. The third kappa shape index (κ3) is 11.5. The lowest BCUT2D eigenvalue weighted by Gasteiger charge is -2.25. The normalized spacial score (nSPS) is 12.5. The van der Waals surface area contributed by atoms with E-state index < -0.39 is 35.1 Å². The summed E-state index contributed by atoms with van der Waals surface area (Å²) in [6.07, 6.45) is 0.395. The quantitative estimate of drug-likeness (QED) is 0.473. The molecule has 0 aliphatic heterocycles. The van der Waals surface area contributed by atoms with Crippen molar-refractivity contribution >= 4 is 17.8 Å². The number of esters is 1. The van der Waals surface area contributed by atoms with E-state index in [1.165, 1.54) is 0 Å². The Balaban J connectivity index is 5.03. The van der Waals surface area contributed by atoms with Crippen LogP contribution in [0.25, 0.3) is 0 Å². The van der Waals surface area contributed by atoms with E-state index in [1.54, 1.807) is 41.5 Å². The molecule has 0 saturated heterocycles. The summed E-state index contributed by atoms with van der Waals surface area (Å²) in [6, 6.07) is -1.14. The zero-order valence-electron chi connectivity index (χ0n) is 15.7. The number of hydrogen-bond donors (Lipinski definition) is 1. The molecule has 0 heterocycles. The molecule has 0 fully saturated rings. The summed E-state index contributed by atoms with van der Waals surface area (Å²) in [4.78, 5) is 36.0. The number of rotatable bonds is 5. The van der Waals surface area contributed by atoms with Gasteiger partial charge in [-0.3, -0.25) is 4.79 Å². The van der Waals surface area contributed by atoms with E-state index in [0.717, 1.165) is 6.42 Å². The van der Waals surface area contributed by atoms with E-state index in [1.807, 2.05) is 6.92 Å². The van der Waals surface area contributed by atoms with Gasteiger partial charge in [-0.25, -0.2) is 9.59 Å². The molecule has 1 N–H and O–H groups in total. The van der Waals surface area contributed by atoms with Crippen molar-refractivity contribution in [2.45, 2.75) is 85.0 Å². The van der Waals surface area contributed by atoms with E-state index in [9.17, 15) is 14.4 Å². The summed E-state index contributed by atoms with van der Waals surface area (Å²) < 4.78 is 10.4. The summed E-state index contributed by atoms with van der Waals surface area (Å²) in [5.74, 6) is 4.06. The average molecular weight is 339 g/mol. The van der Waals surface area contributed by atoms with Crippen LogP contribution in [0.4, 0.5) is 4.79 Å². The number of ketones is 1. The van der Waals surface area contributed by atoms with Gasteiger partial charge in [0.2, 0.25) is 5.78 Å². The first kappa shape index (κ1) is 22.0. The van der Waals surface area contributed by atoms with Gasteiger partial charge in [0.25, 0.3) is 0 Å². The Bertz CT molecular complexity index is 514. The van der Waals surface area contributed by atoms with E-state index in [0.29, 0.717) is 6.42 Å². The van der Waals surface area contributed by atoms with Gasteiger partial charge in [-0.1, -0.05) is 12.8 Å². The maximum absolute atomic E-state index is 12.2. The van der Waals surface area contributed by atoms with Crippen LogP contribution in [-0.2, 0) is 19.1 Å². The Morgan fingerprint density at radius 2 is 1.54 bits per heavy atom. The van der Waals surface area contributed by atoms with Crippen molar-refractivity contribution in [3.05, 3.63) is 0 Å². The highest BCUT2D eigenvalue weighted by Gasteiger charge is 2.30. The highest BCUT2D eigenvalue weighted by atomic mass is 16.6. The molecule has 1 amide bonds. The van der Waals surface area contributed by atoms with Crippen molar-refractivity contribution in [1.82, 2.24) is 5.32 Å². The lowest BCUT2D eigenvalue weighted by molar-refractivity contribution is -0.158. The van der Waals surface area contributed by atoms with Crippen LogP contribution in [0.15, 0.2) is 0 Å². The van der Waals surface area contributed by atoms with Crippen LogP contribution in [0.2, 0.25) is 0 Å². The zero-order chi connectivity index (χ0) is 19.0. The van der Waals surface area contributed by atoms with Crippen LogP contribution in [0, 0.1) is 11.8 Å². The first-order valence-corrected chi connectivity index (χ1v) is 8.08. The van der Waals surface area contributed by atoms with E-state index in [-0.39, 0.29) is 6.42 Å². The lowest BCUT2D eigenvalue weighted by Crippen LogP contribution is -2.46. The molecule has 0 aliphatic rings. The monoisotopic (exact) mass is 339 g/mol. The first-order chi connectivity index (χ1) is 10.8. The number of carbonyl (C=O) groups is 3. The number of carbonyl (C=O) groups excluding carboxylic acids is 3. The minimum Gasteiger partial charge on any atom is -0.458 e. The van der Waals surface area contributed by atoms with Gasteiger partial charge in [-0.05, 0) is 53.9 Å². The second-order valence-corrected chi connectivity index (χ2v) is 7.41. The molecule has 6 heteroatoms. The standard InChI is InChI=1S/C18H29NO5/c1-8-9-10-11-13(20)12-14(15(21)23-17(2,3)4)19-16(22)24-18(5,6)7/h14H,8-9,12H2,1-7H3,(H,19,22). The molecular formula is C18H29NO5. The molecule has 1 unspecified atom stereocenters. The highest BCUT2D eigenvalue weighted by molar-refractivity contribution is 5.99. The molecule has 0 radical (unpaired) electrons. The average Bonchev–Trinajstić information content (AvgIpc) is 2.33. The maximum atomic E-state index is 12.2. The van der Waals surface area contributed by atoms with Crippen LogP contribution >= 0.6 is 0 Å². The maximum Gasteiger partial charge on any atom is 0.408 e. The minimum atomic E-state index is -1.14. The van der Waals surface area contributed by atoms with Gasteiger partial charge < -0.3 is 14.8 Å². The van der Waals surface area contributed by atoms with Gasteiger partial charge in [0.05, 0.1) is 0 Å². The predicted molar refractivity (Wildman–Crippen MR) is 91.3 cm³/mol. The molecule has 0 saturated carbocycles. The Morgan fingerprint density at radius 3 is 2.00 bits per heavy atom. The van der Waals surface area contributed by atoms with Crippen LogP contribution in [0.1, 0.15) is 67.7 Å². The first-order valence-electron chi connectivity index (χ1n) is 8.08. The van der Waals surface area contributed by atoms with Crippen molar-refractivity contribution in [3.63, 3.8) is 0 Å². The van der Waals surface area contributed by atoms with Crippen LogP contribution in [-0.4, -0.2) is 35.1 Å². The molecule has 0 aromatic rings. The molecule has 136 valence electrons. The lowest BCUT2D eigenvalue weighted by atomic mass is 10.1. The molecule has 0 spiro atoms. The van der Waals surface area contributed by atoms with Crippen LogP contribution in [0.5, 0.6) is 0 Å². The van der Waals surface area contributed by atoms with Crippen molar-refractivity contribution in [2.75, 3.05) is 0 Å². The topological polar surface area (TPSA) is 81.7 Å². The number of amides is 1. The molecular weight excluding hydrogens is 310 g/mol. The van der Waals surface area contributed by atoms with Gasteiger partial charge in [0.1, 0.15) is 17.2 Å². The van der Waals surface area contributed by atoms with Crippen molar-refractivity contribution in [3.8, 4) is 11.8 Å². The summed E-state index contributed by atoms with van der Waals surface area (Å²) in [7, 11) is 0. The van der Waals surface area contributed by atoms with Crippen molar-refractivity contribution in [2.24, 2.45) is 0 Å². The third-order valence-electron chi connectivity index (χ3n) is 2.37. The van der Waals surface area contributed by atoms with Crippen molar-refractivity contribution in [1.29, 1.82) is 0 Å². The Morgan fingerprint density at radius 1 is 1.00 bits per heavy atom. The van der Waals surface area contributed by atoms with Crippen LogP contribution < -0.4 is 5.32 Å². The second-order valence-electron chi connectivity index (χ2n) is 7.41. The van der Waals surface area contributed by atoms with Gasteiger partial charge in [-0.15, -0.1) is 0 Å². The third-order valence-corrected chi connectivity index (χ3v) is 2.37. The Kier molecular flexibility index (Phi) is 8.52. The van der Waals surface area contributed by atoms with E-state index >= 15 is 0 Å². The summed E-state index contributed by atoms with van der Waals surface area (Å²) in [5.41, 5.74) is -1.45. The molecule has 0 aromatic carbocycles.